The van der Waals surface area contributed by atoms with Crippen LogP contribution in [-0.2, 0) is 9.47 Å². The summed E-state index contributed by atoms with van der Waals surface area (Å²) in [6.45, 7) is 8.67. The zero-order chi connectivity index (χ0) is 15.1. The molecule has 0 aromatic heterocycles. The van der Waals surface area contributed by atoms with Crippen molar-refractivity contribution < 1.29 is 9.47 Å². The lowest BCUT2D eigenvalue weighted by Crippen LogP contribution is -2.38. The van der Waals surface area contributed by atoms with E-state index in [0.717, 1.165) is 58.1 Å². The Labute approximate surface area is 147 Å². The largest absolute Gasteiger partial charge is 0.385 e. The molecule has 0 atom stereocenters. The van der Waals surface area contributed by atoms with Gasteiger partial charge in [0.1, 0.15) is 0 Å². The Hall–Kier alpha value is -0.0800. The van der Waals surface area contributed by atoms with Crippen LogP contribution < -0.4 is 10.6 Å². The molecule has 0 heterocycles. The maximum atomic E-state index is 5.53. The van der Waals surface area contributed by atoms with Gasteiger partial charge in [0.15, 0.2) is 5.96 Å². The molecule has 0 spiro atoms. The van der Waals surface area contributed by atoms with E-state index in [1.807, 2.05) is 0 Å². The van der Waals surface area contributed by atoms with Crippen LogP contribution in [0.15, 0.2) is 4.99 Å². The standard InChI is InChI=1S/C15H33N3O2.HI/c1-14(2)13-20-12-8-10-18-15(16-3)17-9-6-5-7-11-19-4;/h14H,5-13H2,1-4H3,(H2,16,17,18);1H. The molecule has 0 radical (unpaired) electrons. The van der Waals surface area contributed by atoms with Crippen molar-refractivity contribution in [2.45, 2.75) is 39.5 Å². The number of hydrogen-bond acceptors (Lipinski definition) is 3. The van der Waals surface area contributed by atoms with Gasteiger partial charge in [-0.25, -0.2) is 0 Å². The molecule has 0 fully saturated rings. The van der Waals surface area contributed by atoms with E-state index in [1.54, 1.807) is 14.2 Å². The third-order valence-electron chi connectivity index (χ3n) is 2.75. The van der Waals surface area contributed by atoms with Crippen molar-refractivity contribution in [3.63, 3.8) is 0 Å². The minimum absolute atomic E-state index is 0. The van der Waals surface area contributed by atoms with Gasteiger partial charge in [0.05, 0.1) is 0 Å². The molecule has 0 bridgehead atoms. The minimum atomic E-state index is 0. The Morgan fingerprint density at radius 2 is 1.67 bits per heavy atom. The van der Waals surface area contributed by atoms with E-state index < -0.39 is 0 Å². The lowest BCUT2D eigenvalue weighted by atomic mass is 10.2. The molecule has 0 rings (SSSR count). The quantitative estimate of drug-likeness (QED) is 0.223. The minimum Gasteiger partial charge on any atom is -0.385 e. The molecule has 0 unspecified atom stereocenters. The first-order chi connectivity index (χ1) is 9.70. The highest BCUT2D eigenvalue weighted by Crippen LogP contribution is 1.94. The summed E-state index contributed by atoms with van der Waals surface area (Å²) in [5.74, 6) is 1.48. The highest BCUT2D eigenvalue weighted by Gasteiger charge is 1.97. The zero-order valence-corrected chi connectivity index (χ0v) is 16.4. The van der Waals surface area contributed by atoms with Crippen LogP contribution in [0.2, 0.25) is 0 Å². The van der Waals surface area contributed by atoms with Crippen LogP contribution in [0.1, 0.15) is 39.5 Å². The van der Waals surface area contributed by atoms with Gasteiger partial charge >= 0.3 is 0 Å². The fourth-order valence-electron chi connectivity index (χ4n) is 1.68. The fourth-order valence-corrected chi connectivity index (χ4v) is 1.68. The number of methoxy groups -OCH3 is 1. The Morgan fingerprint density at radius 1 is 1.00 bits per heavy atom. The van der Waals surface area contributed by atoms with E-state index in [-0.39, 0.29) is 24.0 Å². The van der Waals surface area contributed by atoms with Crippen LogP contribution in [0, 0.1) is 5.92 Å². The number of hydrogen-bond donors (Lipinski definition) is 2. The van der Waals surface area contributed by atoms with Crippen molar-refractivity contribution >= 4 is 29.9 Å². The van der Waals surface area contributed by atoms with E-state index in [4.69, 9.17) is 9.47 Å². The molecule has 6 heteroatoms. The Morgan fingerprint density at radius 3 is 2.24 bits per heavy atom. The number of nitrogens with zero attached hydrogens (tertiary/aromatic N) is 1. The van der Waals surface area contributed by atoms with Crippen molar-refractivity contribution in [2.24, 2.45) is 10.9 Å². The summed E-state index contributed by atoms with van der Waals surface area (Å²) < 4.78 is 10.6. The maximum absolute atomic E-state index is 5.53. The molecule has 5 nitrogen and oxygen atoms in total. The second kappa shape index (κ2) is 18.0. The second-order valence-electron chi connectivity index (χ2n) is 5.30. The van der Waals surface area contributed by atoms with E-state index in [0.29, 0.717) is 5.92 Å². The summed E-state index contributed by atoms with van der Waals surface area (Å²) in [4.78, 5) is 4.20. The van der Waals surface area contributed by atoms with Gasteiger partial charge in [-0.2, -0.15) is 0 Å². The Bertz CT molecular complexity index is 239. The van der Waals surface area contributed by atoms with Gasteiger partial charge in [-0.15, -0.1) is 24.0 Å². The molecule has 0 aliphatic heterocycles. The van der Waals surface area contributed by atoms with Gasteiger partial charge in [0.25, 0.3) is 0 Å². The van der Waals surface area contributed by atoms with Gasteiger partial charge in [-0.05, 0) is 31.6 Å². The number of halogens is 1. The SMILES string of the molecule is CN=C(NCCCCCOC)NCCCOCC(C)C.I. The van der Waals surface area contributed by atoms with Crippen molar-refractivity contribution in [1.82, 2.24) is 10.6 Å². The van der Waals surface area contributed by atoms with E-state index in [1.165, 1.54) is 6.42 Å². The molecule has 0 saturated carbocycles. The van der Waals surface area contributed by atoms with Crippen LogP contribution in [0.4, 0.5) is 0 Å². The Balaban J connectivity index is 0. The summed E-state index contributed by atoms with van der Waals surface area (Å²) in [6.07, 6.45) is 4.45. The molecular formula is C15H34IN3O2. The lowest BCUT2D eigenvalue weighted by Gasteiger charge is -2.12. The highest BCUT2D eigenvalue weighted by atomic mass is 127. The maximum Gasteiger partial charge on any atom is 0.190 e. The first-order valence-electron chi connectivity index (χ1n) is 7.72. The van der Waals surface area contributed by atoms with E-state index in [9.17, 15) is 0 Å². The molecule has 0 saturated heterocycles. The molecule has 128 valence electrons. The number of guanidine groups is 1. The Kier molecular flexibility index (Phi) is 19.8. The van der Waals surface area contributed by atoms with Gasteiger partial charge in [0.2, 0.25) is 0 Å². The topological polar surface area (TPSA) is 54.9 Å². The van der Waals surface area contributed by atoms with Gasteiger partial charge in [-0.3, -0.25) is 4.99 Å². The molecule has 21 heavy (non-hydrogen) atoms. The molecule has 2 N–H and O–H groups in total. The first-order valence-corrected chi connectivity index (χ1v) is 7.72. The smallest absolute Gasteiger partial charge is 0.190 e. The summed E-state index contributed by atoms with van der Waals surface area (Å²) in [6, 6.07) is 0. The predicted molar refractivity (Wildman–Crippen MR) is 101 cm³/mol. The van der Waals surface area contributed by atoms with Crippen LogP contribution >= 0.6 is 24.0 Å². The highest BCUT2D eigenvalue weighted by molar-refractivity contribution is 14.0. The summed E-state index contributed by atoms with van der Waals surface area (Å²) in [5, 5.41) is 6.61. The number of aliphatic imine (C=N–C) groups is 1. The molecule has 0 aliphatic carbocycles. The van der Waals surface area contributed by atoms with Gasteiger partial charge in [0, 0.05) is 47.1 Å². The van der Waals surface area contributed by atoms with Crippen LogP contribution in [0.3, 0.4) is 0 Å². The first kappa shape index (κ1) is 23.2. The summed E-state index contributed by atoms with van der Waals surface area (Å²) in [7, 11) is 3.55. The van der Waals surface area contributed by atoms with Crippen LogP contribution in [0.25, 0.3) is 0 Å². The van der Waals surface area contributed by atoms with Crippen molar-refractivity contribution in [3.05, 3.63) is 0 Å². The second-order valence-corrected chi connectivity index (χ2v) is 5.30. The van der Waals surface area contributed by atoms with Crippen molar-refractivity contribution in [1.29, 1.82) is 0 Å². The van der Waals surface area contributed by atoms with E-state index in [2.05, 4.69) is 29.5 Å². The molecule has 0 aromatic rings. The van der Waals surface area contributed by atoms with E-state index >= 15 is 0 Å². The van der Waals surface area contributed by atoms with Crippen molar-refractivity contribution in [3.8, 4) is 0 Å². The number of nitrogens with one attached hydrogen (secondary N) is 2. The number of unbranched alkanes of at least 4 members (excludes halogenated alkanes) is 2. The normalized spacial score (nSPS) is 11.4. The molecule has 0 aromatic carbocycles. The third-order valence-corrected chi connectivity index (χ3v) is 2.75. The van der Waals surface area contributed by atoms with Gasteiger partial charge in [-0.1, -0.05) is 13.8 Å². The molecular weight excluding hydrogens is 381 g/mol. The van der Waals surface area contributed by atoms with Gasteiger partial charge < -0.3 is 20.1 Å². The molecule has 0 aliphatic rings. The zero-order valence-electron chi connectivity index (χ0n) is 14.1. The number of ether oxygens (including phenoxy) is 2. The average molecular weight is 415 g/mol. The summed E-state index contributed by atoms with van der Waals surface area (Å²) >= 11 is 0. The van der Waals surface area contributed by atoms with Crippen molar-refractivity contribution in [2.75, 3.05) is 47.1 Å². The summed E-state index contributed by atoms with van der Waals surface area (Å²) in [5.41, 5.74) is 0. The molecule has 0 amide bonds. The predicted octanol–water partition coefficient (Wildman–Crippen LogP) is 2.65. The third kappa shape index (κ3) is 17.9. The number of rotatable bonds is 12. The lowest BCUT2D eigenvalue weighted by molar-refractivity contribution is 0.108. The van der Waals surface area contributed by atoms with Crippen LogP contribution in [0.5, 0.6) is 0 Å². The monoisotopic (exact) mass is 415 g/mol. The average Bonchev–Trinajstić information content (AvgIpc) is 2.43. The fraction of sp³-hybridized carbons (Fsp3) is 0.933. The van der Waals surface area contributed by atoms with Crippen LogP contribution in [-0.4, -0.2) is 53.0 Å².